The highest BCUT2D eigenvalue weighted by molar-refractivity contribution is 7.81. The smallest absolute Gasteiger partial charge is 0.387 e. The molecule has 0 fully saturated rings. The van der Waals surface area contributed by atoms with Gasteiger partial charge in [-0.3, -0.25) is 0 Å². The van der Waals surface area contributed by atoms with E-state index in [1.54, 1.807) is 35.2 Å². The fourth-order valence-electron chi connectivity index (χ4n) is 2.80. The number of ether oxygens (including phenoxy) is 1. The number of hydrogen-bond donors (Lipinski definition) is 2. The second kappa shape index (κ2) is 10.0. The molecular formula is C22H17Cl2F2N2O2S+. The number of aryl methyl sites for hydroxylation is 1. The lowest BCUT2D eigenvalue weighted by molar-refractivity contribution is -0.576. The fraction of sp³-hybridized carbons (Fsp3) is 0.0909. The molecule has 0 spiro atoms. The third-order valence-electron chi connectivity index (χ3n) is 4.17. The van der Waals surface area contributed by atoms with E-state index in [1.165, 1.54) is 30.3 Å². The summed E-state index contributed by atoms with van der Waals surface area (Å²) in [5.41, 5.74) is 2.02. The van der Waals surface area contributed by atoms with Crippen LogP contribution < -0.4 is 14.6 Å². The Morgan fingerprint density at radius 2 is 1.84 bits per heavy atom. The number of rotatable bonds is 6. The summed E-state index contributed by atoms with van der Waals surface area (Å²) in [5.74, 6) is -0.165. The minimum absolute atomic E-state index is 0.0175. The van der Waals surface area contributed by atoms with Crippen LogP contribution in [0.4, 0.5) is 14.5 Å². The summed E-state index contributed by atoms with van der Waals surface area (Å²) in [5, 5.41) is 14.8. The van der Waals surface area contributed by atoms with Gasteiger partial charge in [-0.15, -0.1) is 0 Å². The molecule has 1 heterocycles. The molecule has 0 bridgehead atoms. The van der Waals surface area contributed by atoms with Crippen LogP contribution in [-0.2, 0) is 0 Å². The van der Waals surface area contributed by atoms with Gasteiger partial charge in [0, 0.05) is 27.9 Å². The van der Waals surface area contributed by atoms with Gasteiger partial charge < -0.3 is 15.2 Å². The molecule has 0 saturated carbocycles. The van der Waals surface area contributed by atoms with Gasteiger partial charge in [-0.05, 0) is 55.5 Å². The number of hydrogen-bond acceptors (Lipinski definition) is 3. The first-order valence-electron chi connectivity index (χ1n) is 8.98. The summed E-state index contributed by atoms with van der Waals surface area (Å²) < 4.78 is 30.7. The number of anilines is 1. The Morgan fingerprint density at radius 1 is 1.13 bits per heavy atom. The molecule has 9 heteroatoms. The quantitative estimate of drug-likeness (QED) is 0.182. The number of pyridine rings is 1. The van der Waals surface area contributed by atoms with Crippen LogP contribution in [0.1, 0.15) is 11.1 Å². The number of nitrogens with one attached hydrogen (secondary N) is 1. The van der Waals surface area contributed by atoms with Crippen LogP contribution in [0.25, 0.3) is 11.5 Å². The van der Waals surface area contributed by atoms with Gasteiger partial charge in [0.2, 0.25) is 5.76 Å². The second-order valence-electron chi connectivity index (χ2n) is 6.47. The first-order valence-corrected chi connectivity index (χ1v) is 10.1. The van der Waals surface area contributed by atoms with Gasteiger partial charge in [-0.25, -0.2) is 0 Å². The van der Waals surface area contributed by atoms with Gasteiger partial charge in [0.1, 0.15) is 5.75 Å². The fourth-order valence-corrected chi connectivity index (χ4v) is 3.49. The molecule has 0 unspecified atom stereocenters. The van der Waals surface area contributed by atoms with E-state index in [-0.39, 0.29) is 22.2 Å². The molecule has 0 aliphatic carbocycles. The zero-order chi connectivity index (χ0) is 22.5. The monoisotopic (exact) mass is 481 g/mol. The lowest BCUT2D eigenvalue weighted by atomic mass is 10.1. The van der Waals surface area contributed by atoms with E-state index in [9.17, 15) is 13.9 Å². The average molecular weight is 482 g/mol. The van der Waals surface area contributed by atoms with Gasteiger partial charge in [0.05, 0.1) is 5.02 Å². The average Bonchev–Trinajstić information content (AvgIpc) is 2.71. The van der Waals surface area contributed by atoms with E-state index < -0.39 is 6.61 Å². The molecule has 2 N–H and O–H groups in total. The van der Waals surface area contributed by atoms with Crippen LogP contribution in [0.5, 0.6) is 5.75 Å². The van der Waals surface area contributed by atoms with E-state index in [1.807, 2.05) is 13.0 Å². The maximum atomic E-state index is 12.4. The maximum absolute atomic E-state index is 12.4. The number of alkyl halides is 2. The van der Waals surface area contributed by atoms with Crippen molar-refractivity contribution in [3.63, 3.8) is 0 Å². The molecule has 0 amide bonds. The summed E-state index contributed by atoms with van der Waals surface area (Å²) in [6.45, 7) is -1.01. The van der Waals surface area contributed by atoms with E-state index in [0.717, 1.165) is 5.56 Å². The molecule has 0 radical (unpaired) electrons. The van der Waals surface area contributed by atoms with Crippen LogP contribution >= 0.6 is 35.4 Å². The predicted molar refractivity (Wildman–Crippen MR) is 123 cm³/mol. The van der Waals surface area contributed by atoms with Crippen LogP contribution in [0.3, 0.4) is 0 Å². The number of aliphatic hydroxyl groups excluding tert-OH is 1. The number of benzene rings is 2. The molecule has 31 heavy (non-hydrogen) atoms. The summed E-state index contributed by atoms with van der Waals surface area (Å²) in [6.07, 6.45) is 3.52. The van der Waals surface area contributed by atoms with Crippen molar-refractivity contribution >= 4 is 57.6 Å². The molecule has 0 aliphatic heterocycles. The molecular weight excluding hydrogens is 465 g/mol. The van der Waals surface area contributed by atoms with Gasteiger partial charge in [-0.2, -0.15) is 13.3 Å². The largest absolute Gasteiger partial charge is 0.502 e. The summed E-state index contributed by atoms with van der Waals surface area (Å²) in [6, 6.07) is 14.3. The van der Waals surface area contributed by atoms with Gasteiger partial charge >= 0.3 is 6.61 Å². The summed E-state index contributed by atoms with van der Waals surface area (Å²) in [4.78, 5) is 0.173. The Kier molecular flexibility index (Phi) is 7.43. The maximum Gasteiger partial charge on any atom is 0.387 e. The molecule has 0 atom stereocenters. The number of halogens is 4. The van der Waals surface area contributed by atoms with Crippen LogP contribution in [0.15, 0.2) is 67.0 Å². The minimum atomic E-state index is -2.91. The predicted octanol–water partition coefficient (Wildman–Crippen LogP) is 6.51. The summed E-state index contributed by atoms with van der Waals surface area (Å²) in [7, 11) is 0. The van der Waals surface area contributed by atoms with E-state index >= 15 is 0 Å². The lowest BCUT2D eigenvalue weighted by Gasteiger charge is -2.12. The van der Waals surface area contributed by atoms with Gasteiger partial charge in [0.25, 0.3) is 5.70 Å². The Morgan fingerprint density at radius 3 is 2.48 bits per heavy atom. The van der Waals surface area contributed by atoms with Crippen LogP contribution in [-0.4, -0.2) is 16.7 Å². The standard InChI is InChI=1S/C22H16Cl2F2N2O2S/c1-13-3-2-10-28(12-13)19(20(29)17-11-14(23)4-9-18(17)24)21(31)27-15-5-7-16(8-6-15)30-22(25)26/h2-12,22H,1H3,(H-,27,29,31)/p+1. The van der Waals surface area contributed by atoms with Crippen LogP contribution in [0, 0.1) is 6.92 Å². The van der Waals surface area contributed by atoms with Crippen molar-refractivity contribution in [1.29, 1.82) is 0 Å². The highest BCUT2D eigenvalue weighted by atomic mass is 35.5. The molecule has 2 aromatic carbocycles. The van der Waals surface area contributed by atoms with Crippen molar-refractivity contribution in [3.05, 3.63) is 88.2 Å². The Labute approximate surface area is 193 Å². The molecule has 0 saturated heterocycles. The topological polar surface area (TPSA) is 45.4 Å². The highest BCUT2D eigenvalue weighted by Gasteiger charge is 2.25. The van der Waals surface area contributed by atoms with Gasteiger partial charge in [0.15, 0.2) is 17.4 Å². The van der Waals surface area contributed by atoms with Crippen molar-refractivity contribution in [2.45, 2.75) is 13.5 Å². The Bertz CT molecular complexity index is 1140. The van der Waals surface area contributed by atoms with Crippen molar-refractivity contribution in [2.24, 2.45) is 0 Å². The SMILES string of the molecule is Cc1ccc[n+](/C(C(=S)Nc2ccc(OC(F)F)cc2)=C(/O)c2cc(Cl)ccc2Cl)c1. The normalized spacial score (nSPS) is 11.8. The molecule has 4 nitrogen and oxygen atoms in total. The van der Waals surface area contributed by atoms with Crippen molar-refractivity contribution in [1.82, 2.24) is 0 Å². The lowest BCUT2D eigenvalue weighted by Crippen LogP contribution is -2.38. The minimum Gasteiger partial charge on any atom is -0.502 e. The Hall–Kier alpha value is -2.74. The first kappa shape index (κ1) is 22.9. The van der Waals surface area contributed by atoms with Crippen LogP contribution in [0.2, 0.25) is 10.0 Å². The summed E-state index contributed by atoms with van der Waals surface area (Å²) >= 11 is 17.9. The molecule has 3 rings (SSSR count). The van der Waals surface area contributed by atoms with Crippen molar-refractivity contribution in [2.75, 3.05) is 5.32 Å². The zero-order valence-corrected chi connectivity index (χ0v) is 18.5. The van der Waals surface area contributed by atoms with E-state index in [0.29, 0.717) is 21.3 Å². The first-order chi connectivity index (χ1) is 14.7. The van der Waals surface area contributed by atoms with Gasteiger partial charge in [-0.1, -0.05) is 35.4 Å². The van der Waals surface area contributed by atoms with Crippen molar-refractivity contribution in [3.8, 4) is 5.75 Å². The zero-order valence-electron chi connectivity index (χ0n) is 16.2. The molecule has 0 aliphatic rings. The molecule has 1 aromatic heterocycles. The van der Waals surface area contributed by atoms with E-state index in [2.05, 4.69) is 10.1 Å². The molecule has 160 valence electrons. The second-order valence-corrected chi connectivity index (χ2v) is 7.72. The third-order valence-corrected chi connectivity index (χ3v) is 5.03. The molecule has 3 aromatic rings. The number of nitrogens with zero attached hydrogens (tertiary/aromatic N) is 1. The van der Waals surface area contributed by atoms with E-state index in [4.69, 9.17) is 35.4 Å². The highest BCUT2D eigenvalue weighted by Crippen LogP contribution is 2.29. The number of aromatic nitrogens is 1. The third kappa shape index (κ3) is 5.91. The Balaban J connectivity index is 2.02. The number of thiocarbonyl (C=S) groups is 1. The van der Waals surface area contributed by atoms with Crippen molar-refractivity contribution < 1.29 is 23.2 Å². The number of aliphatic hydroxyl groups is 1.